The fraction of sp³-hybridized carbons (Fsp3) is 0.500. The minimum Gasteiger partial charge on any atom is -0.395 e. The first-order valence-corrected chi connectivity index (χ1v) is 5.94. The molecule has 18 heavy (non-hydrogen) atoms. The average molecular weight is 256 g/mol. The highest BCUT2D eigenvalue weighted by molar-refractivity contribution is 5.57. The minimum absolute atomic E-state index is 0.0810. The topological polar surface area (TPSA) is 47.7 Å². The Morgan fingerprint density at radius 3 is 2.56 bits per heavy atom. The largest absolute Gasteiger partial charge is 0.586 e. The number of rotatable bonds is 1. The molecule has 0 spiro atoms. The zero-order valence-corrected chi connectivity index (χ0v) is 9.73. The van der Waals surface area contributed by atoms with Gasteiger partial charge in [-0.05, 0) is 25.0 Å². The molecule has 0 bridgehead atoms. The molecular formula is C12H14F2N2O2. The highest BCUT2D eigenvalue weighted by atomic mass is 19.3. The summed E-state index contributed by atoms with van der Waals surface area (Å²) in [5.41, 5.74) is 6.69. The van der Waals surface area contributed by atoms with E-state index >= 15 is 0 Å². The molecule has 0 radical (unpaired) electrons. The smallest absolute Gasteiger partial charge is 0.395 e. The number of alkyl halides is 2. The lowest BCUT2D eigenvalue weighted by Gasteiger charge is -2.32. The molecule has 0 amide bonds. The summed E-state index contributed by atoms with van der Waals surface area (Å²) in [5, 5.41) is 0. The Bertz CT molecular complexity index is 459. The van der Waals surface area contributed by atoms with Gasteiger partial charge in [0.1, 0.15) is 0 Å². The Kier molecular flexibility index (Phi) is 2.55. The van der Waals surface area contributed by atoms with Gasteiger partial charge in [0.05, 0.1) is 0 Å². The number of hydrogen-bond donors (Lipinski definition) is 1. The molecule has 98 valence electrons. The van der Waals surface area contributed by atoms with Gasteiger partial charge in [-0.3, -0.25) is 0 Å². The number of nitrogens with zero attached hydrogens (tertiary/aromatic N) is 1. The van der Waals surface area contributed by atoms with E-state index in [2.05, 4.69) is 14.4 Å². The van der Waals surface area contributed by atoms with Gasteiger partial charge in [0, 0.05) is 30.9 Å². The zero-order chi connectivity index (χ0) is 12.8. The van der Waals surface area contributed by atoms with Crippen molar-refractivity contribution in [2.45, 2.75) is 25.2 Å². The minimum atomic E-state index is -3.55. The van der Waals surface area contributed by atoms with E-state index in [0.717, 1.165) is 31.6 Å². The number of benzene rings is 1. The highest BCUT2D eigenvalue weighted by Gasteiger charge is 2.43. The molecule has 1 aromatic rings. The number of piperidine rings is 1. The van der Waals surface area contributed by atoms with Crippen LogP contribution in [-0.2, 0) is 0 Å². The van der Waals surface area contributed by atoms with E-state index in [1.807, 2.05) is 0 Å². The molecule has 1 aromatic carbocycles. The van der Waals surface area contributed by atoms with Crippen molar-refractivity contribution >= 4 is 5.69 Å². The van der Waals surface area contributed by atoms with Gasteiger partial charge in [-0.1, -0.05) is 0 Å². The lowest BCUT2D eigenvalue weighted by molar-refractivity contribution is -0.286. The molecule has 0 aliphatic carbocycles. The van der Waals surface area contributed by atoms with Crippen LogP contribution in [0.25, 0.3) is 0 Å². The third-order valence-corrected chi connectivity index (χ3v) is 3.29. The van der Waals surface area contributed by atoms with Gasteiger partial charge in [-0.25, -0.2) is 0 Å². The summed E-state index contributed by atoms with van der Waals surface area (Å²) in [7, 11) is 0. The Balaban J connectivity index is 1.80. The van der Waals surface area contributed by atoms with Crippen LogP contribution in [0.1, 0.15) is 12.8 Å². The van der Waals surface area contributed by atoms with Crippen LogP contribution in [0.4, 0.5) is 14.5 Å². The summed E-state index contributed by atoms with van der Waals surface area (Å²) in [5.74, 6) is 0.171. The normalized spacial score (nSPS) is 22.3. The molecule has 4 nitrogen and oxygen atoms in total. The second-order valence-electron chi connectivity index (χ2n) is 4.62. The standard InChI is InChI=1S/C12H14F2N2O2/c13-12(14)17-10-2-1-9(7-11(10)18-12)16-5-3-8(15)4-6-16/h1-2,7-8H,3-6,15H2. The van der Waals surface area contributed by atoms with E-state index in [9.17, 15) is 8.78 Å². The molecule has 3 rings (SSSR count). The number of halogens is 2. The van der Waals surface area contributed by atoms with Crippen LogP contribution in [-0.4, -0.2) is 25.4 Å². The van der Waals surface area contributed by atoms with Crippen LogP contribution in [0.5, 0.6) is 11.5 Å². The number of hydrogen-bond acceptors (Lipinski definition) is 4. The van der Waals surface area contributed by atoms with Crippen molar-refractivity contribution in [2.75, 3.05) is 18.0 Å². The van der Waals surface area contributed by atoms with Crippen LogP contribution in [0, 0.1) is 0 Å². The van der Waals surface area contributed by atoms with Crippen molar-refractivity contribution in [1.82, 2.24) is 0 Å². The van der Waals surface area contributed by atoms with Crippen molar-refractivity contribution in [1.29, 1.82) is 0 Å². The molecule has 0 atom stereocenters. The maximum atomic E-state index is 12.9. The van der Waals surface area contributed by atoms with E-state index in [1.54, 1.807) is 12.1 Å². The maximum Gasteiger partial charge on any atom is 0.586 e. The first kappa shape index (κ1) is 11.5. The van der Waals surface area contributed by atoms with E-state index < -0.39 is 6.29 Å². The van der Waals surface area contributed by atoms with Crippen molar-refractivity contribution < 1.29 is 18.3 Å². The Hall–Kier alpha value is -1.56. The van der Waals surface area contributed by atoms with Crippen LogP contribution >= 0.6 is 0 Å². The maximum absolute atomic E-state index is 12.9. The fourth-order valence-electron chi connectivity index (χ4n) is 2.29. The summed E-state index contributed by atoms with van der Waals surface area (Å²) in [6.07, 6.45) is -1.74. The SMILES string of the molecule is NC1CCN(c2ccc3c(c2)OC(F)(F)O3)CC1. The predicted molar refractivity (Wildman–Crippen MR) is 62.1 cm³/mol. The van der Waals surface area contributed by atoms with E-state index in [1.165, 1.54) is 6.07 Å². The molecule has 2 aliphatic heterocycles. The van der Waals surface area contributed by atoms with Crippen LogP contribution < -0.4 is 20.1 Å². The van der Waals surface area contributed by atoms with Crippen LogP contribution in [0.15, 0.2) is 18.2 Å². The molecule has 2 heterocycles. The van der Waals surface area contributed by atoms with Crippen molar-refractivity contribution in [3.05, 3.63) is 18.2 Å². The van der Waals surface area contributed by atoms with Crippen molar-refractivity contribution in [3.8, 4) is 11.5 Å². The van der Waals surface area contributed by atoms with Crippen molar-refractivity contribution in [3.63, 3.8) is 0 Å². The lowest BCUT2D eigenvalue weighted by Crippen LogP contribution is -2.39. The summed E-state index contributed by atoms with van der Waals surface area (Å²) >= 11 is 0. The highest BCUT2D eigenvalue weighted by Crippen LogP contribution is 2.43. The molecule has 6 heteroatoms. The van der Waals surface area contributed by atoms with Gasteiger partial charge < -0.3 is 20.1 Å². The summed E-state index contributed by atoms with van der Waals surface area (Å²) < 4.78 is 34.6. The molecule has 0 unspecified atom stereocenters. The third-order valence-electron chi connectivity index (χ3n) is 3.29. The van der Waals surface area contributed by atoms with E-state index in [-0.39, 0.29) is 17.5 Å². The second-order valence-corrected chi connectivity index (χ2v) is 4.62. The van der Waals surface area contributed by atoms with Gasteiger partial charge in [-0.15, -0.1) is 8.78 Å². The quantitative estimate of drug-likeness (QED) is 0.834. The number of ether oxygens (including phenoxy) is 2. The summed E-state index contributed by atoms with van der Waals surface area (Å²) in [6.45, 7) is 1.66. The summed E-state index contributed by atoms with van der Waals surface area (Å²) in [6, 6.07) is 5.10. The zero-order valence-electron chi connectivity index (χ0n) is 9.73. The first-order valence-electron chi connectivity index (χ1n) is 5.94. The van der Waals surface area contributed by atoms with Gasteiger partial charge >= 0.3 is 6.29 Å². The lowest BCUT2D eigenvalue weighted by atomic mass is 10.1. The molecule has 0 aromatic heterocycles. The van der Waals surface area contributed by atoms with Gasteiger partial charge in [0.2, 0.25) is 0 Å². The number of anilines is 1. The first-order chi connectivity index (χ1) is 8.53. The molecule has 1 fully saturated rings. The molecule has 1 saturated heterocycles. The Morgan fingerprint density at radius 2 is 1.83 bits per heavy atom. The number of fused-ring (bicyclic) bond motifs is 1. The molecule has 2 N–H and O–H groups in total. The Morgan fingerprint density at radius 1 is 1.17 bits per heavy atom. The number of nitrogens with two attached hydrogens (primary N) is 1. The van der Waals surface area contributed by atoms with Crippen LogP contribution in [0.2, 0.25) is 0 Å². The predicted octanol–water partition coefficient (Wildman–Crippen LogP) is 1.94. The second kappa shape index (κ2) is 3.98. The third kappa shape index (κ3) is 2.08. The van der Waals surface area contributed by atoms with E-state index in [0.29, 0.717) is 0 Å². The van der Waals surface area contributed by atoms with Gasteiger partial charge in [-0.2, -0.15) is 0 Å². The van der Waals surface area contributed by atoms with Crippen LogP contribution in [0.3, 0.4) is 0 Å². The van der Waals surface area contributed by atoms with Gasteiger partial charge in [0.25, 0.3) is 0 Å². The van der Waals surface area contributed by atoms with Gasteiger partial charge in [0.15, 0.2) is 11.5 Å². The summed E-state index contributed by atoms with van der Waals surface area (Å²) in [4.78, 5) is 2.11. The van der Waals surface area contributed by atoms with Crippen molar-refractivity contribution in [2.24, 2.45) is 5.73 Å². The average Bonchev–Trinajstić information content (AvgIpc) is 2.62. The van der Waals surface area contributed by atoms with E-state index in [4.69, 9.17) is 5.73 Å². The monoisotopic (exact) mass is 256 g/mol. The Labute approximate surface area is 103 Å². The molecular weight excluding hydrogens is 242 g/mol. The fourth-order valence-corrected chi connectivity index (χ4v) is 2.29. The molecule has 2 aliphatic rings. The molecule has 0 saturated carbocycles.